The molecule has 0 radical (unpaired) electrons. The Morgan fingerprint density at radius 3 is 2.76 bits per heavy atom. The van der Waals surface area contributed by atoms with Crippen molar-refractivity contribution in [3.63, 3.8) is 0 Å². The van der Waals surface area contributed by atoms with Gasteiger partial charge in [0.1, 0.15) is 18.1 Å². The molecule has 3 unspecified atom stereocenters. The molecule has 0 aromatic carbocycles. The van der Waals surface area contributed by atoms with Gasteiger partial charge in [0, 0.05) is 31.9 Å². The topological polar surface area (TPSA) is 165 Å². The van der Waals surface area contributed by atoms with Crippen molar-refractivity contribution in [3.8, 4) is 0 Å². The Balaban J connectivity index is 1.76. The zero-order valence-electron chi connectivity index (χ0n) is 15.8. The predicted octanol–water partition coefficient (Wildman–Crippen LogP) is -1.55. The largest absolute Gasteiger partial charge is 0.480 e. The summed E-state index contributed by atoms with van der Waals surface area (Å²) in [5.74, 6) is -2.85. The monoisotopic (exact) mass is 406 g/mol. The molecule has 1 aromatic rings. The standard InChI is InChI=1S/C17H22N6O6/c1-22-13(24)6-10(21-17(22)29)14(25)20-11(5-9-7-18-8-19-9)15(26)23-4-2-3-12(23)16(27)28/h7-8,10-12H,2-6H2,1H3,(H,18,19)(H,20,25)(H,21,29)(H,27,28). The second-order valence-corrected chi connectivity index (χ2v) is 7.03. The highest BCUT2D eigenvalue weighted by atomic mass is 16.4. The van der Waals surface area contributed by atoms with Crippen LogP contribution in [0.25, 0.3) is 0 Å². The number of urea groups is 1. The fraction of sp³-hybridized carbons (Fsp3) is 0.529. The smallest absolute Gasteiger partial charge is 0.326 e. The van der Waals surface area contributed by atoms with Crippen LogP contribution in [0.5, 0.6) is 0 Å². The Morgan fingerprint density at radius 1 is 1.38 bits per heavy atom. The number of hydrogen-bond donors (Lipinski definition) is 4. The van der Waals surface area contributed by atoms with Gasteiger partial charge in [-0.15, -0.1) is 0 Å². The molecule has 2 saturated heterocycles. The van der Waals surface area contributed by atoms with Crippen molar-refractivity contribution in [3.05, 3.63) is 18.2 Å². The van der Waals surface area contributed by atoms with Gasteiger partial charge in [-0.25, -0.2) is 14.6 Å². The van der Waals surface area contributed by atoms with E-state index in [1.165, 1.54) is 24.5 Å². The Kier molecular flexibility index (Phi) is 5.80. The number of carboxylic acids is 1. The van der Waals surface area contributed by atoms with E-state index < -0.39 is 47.8 Å². The van der Waals surface area contributed by atoms with Crippen LogP contribution in [0, 0.1) is 0 Å². The first-order valence-corrected chi connectivity index (χ1v) is 9.16. The van der Waals surface area contributed by atoms with Crippen LogP contribution in [0.3, 0.4) is 0 Å². The summed E-state index contributed by atoms with van der Waals surface area (Å²) in [6.45, 7) is 0.272. The third kappa shape index (κ3) is 4.36. The van der Waals surface area contributed by atoms with Crippen LogP contribution in [0.15, 0.2) is 12.5 Å². The second-order valence-electron chi connectivity index (χ2n) is 7.03. The van der Waals surface area contributed by atoms with Crippen molar-refractivity contribution in [2.75, 3.05) is 13.6 Å². The molecule has 1 aromatic heterocycles. The lowest BCUT2D eigenvalue weighted by molar-refractivity contribution is -0.149. The molecule has 0 bridgehead atoms. The van der Waals surface area contributed by atoms with E-state index >= 15 is 0 Å². The zero-order chi connectivity index (χ0) is 21.1. The number of carboxylic acid groups (broad SMARTS) is 1. The van der Waals surface area contributed by atoms with Crippen molar-refractivity contribution in [2.45, 2.75) is 43.8 Å². The molecule has 12 nitrogen and oxygen atoms in total. The van der Waals surface area contributed by atoms with Crippen LogP contribution in [-0.2, 0) is 25.6 Å². The molecule has 0 saturated carbocycles. The molecule has 0 aliphatic carbocycles. The molecule has 3 heterocycles. The summed E-state index contributed by atoms with van der Waals surface area (Å²) in [6.07, 6.45) is 3.62. The fourth-order valence-electron chi connectivity index (χ4n) is 3.46. The Hall–Kier alpha value is -3.44. The highest BCUT2D eigenvalue weighted by Crippen LogP contribution is 2.19. The van der Waals surface area contributed by atoms with Crippen molar-refractivity contribution < 1.29 is 29.1 Å². The van der Waals surface area contributed by atoms with Gasteiger partial charge >= 0.3 is 12.0 Å². The minimum Gasteiger partial charge on any atom is -0.480 e. The number of aromatic amines is 1. The minimum atomic E-state index is -1.11. The van der Waals surface area contributed by atoms with Crippen molar-refractivity contribution in [2.24, 2.45) is 0 Å². The van der Waals surface area contributed by atoms with Gasteiger partial charge in [-0.05, 0) is 12.8 Å². The summed E-state index contributed by atoms with van der Waals surface area (Å²) in [5, 5.41) is 14.3. The van der Waals surface area contributed by atoms with E-state index in [0.717, 1.165) is 4.90 Å². The van der Waals surface area contributed by atoms with Gasteiger partial charge in [-0.1, -0.05) is 0 Å². The lowest BCUT2D eigenvalue weighted by Crippen LogP contribution is -2.61. The van der Waals surface area contributed by atoms with E-state index in [2.05, 4.69) is 20.6 Å². The summed E-state index contributed by atoms with van der Waals surface area (Å²) in [6, 6.07) is -3.84. The number of aliphatic carboxylic acids is 1. The minimum absolute atomic E-state index is 0.0575. The SMILES string of the molecule is CN1C(=O)CC(C(=O)NC(Cc2cnc[nH]2)C(=O)N2CCCC2C(=O)O)NC1=O. The first-order valence-electron chi connectivity index (χ1n) is 9.16. The maximum Gasteiger partial charge on any atom is 0.326 e. The van der Waals surface area contributed by atoms with Crippen LogP contribution < -0.4 is 10.6 Å². The van der Waals surface area contributed by atoms with E-state index in [-0.39, 0.29) is 19.4 Å². The molecule has 2 aliphatic heterocycles. The molecule has 12 heteroatoms. The van der Waals surface area contributed by atoms with Gasteiger partial charge < -0.3 is 25.6 Å². The number of carbonyl (C=O) groups excluding carboxylic acids is 4. The Labute approximate surface area is 165 Å². The number of carbonyl (C=O) groups is 5. The van der Waals surface area contributed by atoms with Crippen molar-refractivity contribution in [1.82, 2.24) is 30.4 Å². The van der Waals surface area contributed by atoms with E-state index in [9.17, 15) is 29.1 Å². The van der Waals surface area contributed by atoms with Crippen LogP contribution in [-0.4, -0.2) is 86.3 Å². The number of likely N-dealkylation sites (tertiary alicyclic amines) is 1. The molecule has 2 aliphatic rings. The molecule has 2 fully saturated rings. The summed E-state index contributed by atoms with van der Waals surface area (Å²) >= 11 is 0. The second kappa shape index (κ2) is 8.29. The summed E-state index contributed by atoms with van der Waals surface area (Å²) in [5.41, 5.74) is 0.568. The molecule has 5 amide bonds. The predicted molar refractivity (Wildman–Crippen MR) is 96.3 cm³/mol. The van der Waals surface area contributed by atoms with Crippen LogP contribution in [0.2, 0.25) is 0 Å². The number of nitrogens with one attached hydrogen (secondary N) is 3. The van der Waals surface area contributed by atoms with Gasteiger partial charge in [0.05, 0.1) is 12.7 Å². The maximum absolute atomic E-state index is 13.0. The molecule has 3 atom stereocenters. The summed E-state index contributed by atoms with van der Waals surface area (Å²) in [7, 11) is 1.30. The molecule has 29 heavy (non-hydrogen) atoms. The van der Waals surface area contributed by atoms with Gasteiger partial charge in [0.2, 0.25) is 17.7 Å². The summed E-state index contributed by atoms with van der Waals surface area (Å²) < 4.78 is 0. The quantitative estimate of drug-likeness (QED) is 0.444. The number of aromatic nitrogens is 2. The van der Waals surface area contributed by atoms with Crippen molar-refractivity contribution >= 4 is 29.7 Å². The van der Waals surface area contributed by atoms with Gasteiger partial charge in [0.25, 0.3) is 0 Å². The van der Waals surface area contributed by atoms with Crippen LogP contribution >= 0.6 is 0 Å². The molecular weight excluding hydrogens is 384 g/mol. The molecule has 3 rings (SSSR count). The lowest BCUT2D eigenvalue weighted by atomic mass is 10.1. The first-order chi connectivity index (χ1) is 13.8. The highest BCUT2D eigenvalue weighted by Gasteiger charge is 2.40. The molecule has 0 spiro atoms. The van der Waals surface area contributed by atoms with Crippen LogP contribution in [0.4, 0.5) is 4.79 Å². The number of imidazole rings is 1. The van der Waals surface area contributed by atoms with E-state index in [0.29, 0.717) is 18.5 Å². The fourth-order valence-corrected chi connectivity index (χ4v) is 3.46. The number of nitrogens with zero attached hydrogens (tertiary/aromatic N) is 3. The van der Waals surface area contributed by atoms with Gasteiger partial charge in [0.15, 0.2) is 0 Å². The molecule has 156 valence electrons. The van der Waals surface area contributed by atoms with Gasteiger partial charge in [-0.2, -0.15) is 0 Å². The maximum atomic E-state index is 13.0. The third-order valence-corrected chi connectivity index (χ3v) is 5.09. The normalized spacial score (nSPS) is 22.9. The Bertz CT molecular complexity index is 806. The average Bonchev–Trinajstić information content (AvgIpc) is 3.36. The molecule has 4 N–H and O–H groups in total. The first kappa shape index (κ1) is 20.3. The van der Waals surface area contributed by atoms with Crippen molar-refractivity contribution in [1.29, 1.82) is 0 Å². The highest BCUT2D eigenvalue weighted by molar-refractivity contribution is 6.03. The zero-order valence-corrected chi connectivity index (χ0v) is 15.8. The number of imide groups is 1. The number of amides is 5. The lowest BCUT2D eigenvalue weighted by Gasteiger charge is -2.31. The van der Waals surface area contributed by atoms with E-state index in [4.69, 9.17) is 0 Å². The van der Waals surface area contributed by atoms with Crippen LogP contribution in [0.1, 0.15) is 25.0 Å². The molecular formula is C17H22N6O6. The van der Waals surface area contributed by atoms with E-state index in [1.807, 2.05) is 0 Å². The van der Waals surface area contributed by atoms with E-state index in [1.54, 1.807) is 0 Å². The number of hydrogen-bond acceptors (Lipinski definition) is 6. The number of rotatable bonds is 6. The average molecular weight is 406 g/mol. The number of H-pyrrole nitrogens is 1. The summed E-state index contributed by atoms with van der Waals surface area (Å²) in [4.78, 5) is 69.6. The third-order valence-electron chi connectivity index (χ3n) is 5.09. The van der Waals surface area contributed by atoms with Gasteiger partial charge in [-0.3, -0.25) is 19.3 Å². The Morgan fingerprint density at radius 2 is 2.14 bits per heavy atom.